The Morgan fingerprint density at radius 2 is 0.508 bits per heavy atom. The van der Waals surface area contributed by atoms with Crippen molar-refractivity contribution in [1.82, 2.24) is 9.13 Å². The van der Waals surface area contributed by atoms with Crippen LogP contribution in [0, 0.1) is 0 Å². The highest BCUT2D eigenvalue weighted by molar-refractivity contribution is 6.27. The van der Waals surface area contributed by atoms with Gasteiger partial charge in [0.1, 0.15) is 22.3 Å². The van der Waals surface area contributed by atoms with Crippen LogP contribution in [-0.4, -0.2) is 9.13 Å². The summed E-state index contributed by atoms with van der Waals surface area (Å²) in [5.74, 6) is 0. The van der Waals surface area contributed by atoms with Gasteiger partial charge in [-0.3, -0.25) is 0 Å². The molecule has 21 aromatic carbocycles. The van der Waals surface area contributed by atoms with Gasteiger partial charge in [-0.15, -0.1) is 0 Å². The molecule has 0 unspecified atom stereocenters. The molecule has 0 spiro atoms. The first-order valence-electron chi connectivity index (χ1n) is 41.9. The van der Waals surface area contributed by atoms with Gasteiger partial charge in [0.05, 0.1) is 61.9 Å². The van der Waals surface area contributed by atoms with E-state index in [1.54, 1.807) is 0 Å². The SMILES string of the molecule is c1ccc(N(c2ccc3c4ccccc4c4ccccc4c3c2)c2ccccc2-c2cccc3c2oc2cc(-c4ccc5c6ccccc6n(-c6ccccc6-c6ccccc6N(c6ccccc6-c6cccc7c6oc6ccccc67)c6cc7ccccc7c7ccccc67)c5c4)ccc23)c(-c2ccccc2-n2c3ccccc3c3ccccc32)c1. The molecule has 25 rings (SSSR count). The highest BCUT2D eigenvalue weighted by Gasteiger charge is 2.30. The third kappa shape index (κ3) is 10.6. The van der Waals surface area contributed by atoms with Crippen LogP contribution >= 0.6 is 0 Å². The standard InChI is InChI=1S/C116H72N4O2/c1-2-32-77-75(31-1)70-112(84-38-8-7-33-78(77)84)120(110-61-27-17-47-93(110)98-50-29-51-99-95-48-18-28-62-113(95)121-115(98)99)108-59-25-14-44-90(108)89-43-13-24-58-107(89)119-109-60-26-15-45-91(109)94-66-63-73(69-111(94)119)74-64-67-96-100-52-30-49-97(116(100)122-114(96)71-74)92-46-16-20-54-103(92)117(76-65-68-83-81-36-4-3-34-79(81)80-35-5-6-37-82(80)101(83)72-76)102-53-19-9-39-85(102)86-40-10-21-55-104(86)118-105-56-22-11-41-87(105)88-42-12-23-57-106(88)118/h1-72H. The zero-order valence-corrected chi connectivity index (χ0v) is 66.2. The molecule has 122 heavy (non-hydrogen) atoms. The number of rotatable bonds is 13. The number of fused-ring (bicyclic) bond motifs is 21. The van der Waals surface area contributed by atoms with Crippen molar-refractivity contribution in [3.63, 3.8) is 0 Å². The van der Waals surface area contributed by atoms with Crippen molar-refractivity contribution in [2.75, 3.05) is 9.80 Å². The lowest BCUT2D eigenvalue weighted by Gasteiger charge is -2.31. The van der Waals surface area contributed by atoms with E-state index >= 15 is 0 Å². The van der Waals surface area contributed by atoms with E-state index in [1.165, 1.54) is 59.2 Å². The molecule has 0 radical (unpaired) electrons. The van der Waals surface area contributed by atoms with Crippen molar-refractivity contribution in [3.05, 3.63) is 437 Å². The van der Waals surface area contributed by atoms with Crippen LogP contribution in [0.25, 0.3) is 208 Å². The number of aromatic nitrogens is 2. The van der Waals surface area contributed by atoms with Crippen LogP contribution in [0.2, 0.25) is 0 Å². The van der Waals surface area contributed by atoms with Crippen LogP contribution in [0.4, 0.5) is 34.1 Å². The number of nitrogens with zero attached hydrogens (tertiary/aromatic N) is 4. The van der Waals surface area contributed by atoms with Gasteiger partial charge in [0.15, 0.2) is 0 Å². The van der Waals surface area contributed by atoms with E-state index in [1.807, 2.05) is 6.07 Å². The molecule has 0 aliphatic heterocycles. The van der Waals surface area contributed by atoms with Crippen LogP contribution in [0.3, 0.4) is 0 Å². The molecule has 0 aliphatic rings. The summed E-state index contributed by atoms with van der Waals surface area (Å²) >= 11 is 0. The predicted octanol–water partition coefficient (Wildman–Crippen LogP) is 32.7. The van der Waals surface area contributed by atoms with Gasteiger partial charge in [0, 0.05) is 98.7 Å². The lowest BCUT2D eigenvalue weighted by Crippen LogP contribution is -2.13. The van der Waals surface area contributed by atoms with Crippen molar-refractivity contribution in [2.24, 2.45) is 0 Å². The van der Waals surface area contributed by atoms with E-state index in [0.29, 0.717) is 0 Å². The van der Waals surface area contributed by atoms with Gasteiger partial charge in [0.25, 0.3) is 0 Å². The summed E-state index contributed by atoms with van der Waals surface area (Å²) in [4.78, 5) is 5.01. The molecular weight excluding hydrogens is 1480 g/mol. The maximum absolute atomic E-state index is 7.47. The molecule has 4 heterocycles. The van der Waals surface area contributed by atoms with E-state index in [2.05, 4.69) is 450 Å². The Balaban J connectivity index is 0.644. The summed E-state index contributed by atoms with van der Waals surface area (Å²) in [6.45, 7) is 0. The largest absolute Gasteiger partial charge is 0.455 e. The summed E-state index contributed by atoms with van der Waals surface area (Å²) < 4.78 is 19.3. The fourth-order valence-electron chi connectivity index (χ4n) is 20.2. The molecule has 6 nitrogen and oxygen atoms in total. The summed E-state index contributed by atoms with van der Waals surface area (Å²) in [5, 5.41) is 21.0. The van der Waals surface area contributed by atoms with Gasteiger partial charge in [-0.05, 0) is 157 Å². The summed E-state index contributed by atoms with van der Waals surface area (Å²) in [6.07, 6.45) is 0. The fraction of sp³-hybridized carbons (Fsp3) is 0. The van der Waals surface area contributed by atoms with Crippen molar-refractivity contribution < 1.29 is 8.83 Å². The van der Waals surface area contributed by atoms with Crippen molar-refractivity contribution in [2.45, 2.75) is 0 Å². The Bertz CT molecular complexity index is 8560. The fourth-order valence-corrected chi connectivity index (χ4v) is 20.2. The quantitative estimate of drug-likeness (QED) is 0.108. The Hall–Kier alpha value is -16.3. The number of benzene rings is 21. The zero-order valence-electron chi connectivity index (χ0n) is 66.2. The maximum atomic E-state index is 7.47. The van der Waals surface area contributed by atoms with Gasteiger partial charge in [-0.25, -0.2) is 0 Å². The van der Waals surface area contributed by atoms with Crippen LogP contribution < -0.4 is 9.80 Å². The molecule has 0 atom stereocenters. The maximum Gasteiger partial charge on any atom is 0.143 e. The van der Waals surface area contributed by atoms with E-state index in [0.717, 1.165) is 183 Å². The minimum atomic E-state index is 0.808. The minimum Gasteiger partial charge on any atom is -0.455 e. The molecule has 25 aromatic rings. The van der Waals surface area contributed by atoms with E-state index in [9.17, 15) is 0 Å². The topological polar surface area (TPSA) is 42.6 Å². The highest BCUT2D eigenvalue weighted by Crippen LogP contribution is 2.54. The Labute approximate surface area is 702 Å². The molecule has 0 fully saturated rings. The first-order chi connectivity index (χ1) is 60.6. The second-order valence-corrected chi connectivity index (χ2v) is 32.0. The van der Waals surface area contributed by atoms with Crippen LogP contribution in [0.5, 0.6) is 0 Å². The van der Waals surface area contributed by atoms with Crippen molar-refractivity contribution in [3.8, 4) is 67.0 Å². The lowest BCUT2D eigenvalue weighted by molar-refractivity contribution is 0.669. The number of hydrogen-bond donors (Lipinski definition) is 0. The third-order valence-corrected chi connectivity index (χ3v) is 25.5. The number of hydrogen-bond acceptors (Lipinski definition) is 4. The molecule has 6 heteroatoms. The molecule has 568 valence electrons. The third-order valence-electron chi connectivity index (χ3n) is 25.5. The number of furan rings is 2. The second-order valence-electron chi connectivity index (χ2n) is 32.0. The summed E-state index contributed by atoms with van der Waals surface area (Å²) in [7, 11) is 0. The van der Waals surface area contributed by atoms with Crippen molar-refractivity contribution in [1.29, 1.82) is 0 Å². The van der Waals surface area contributed by atoms with Gasteiger partial charge in [-0.1, -0.05) is 340 Å². The Kier molecular flexibility index (Phi) is 15.6. The average molecular weight is 1550 g/mol. The number of anilines is 6. The minimum absolute atomic E-state index is 0.808. The van der Waals surface area contributed by atoms with Gasteiger partial charge >= 0.3 is 0 Å². The lowest BCUT2D eigenvalue weighted by atomic mass is 9.93. The van der Waals surface area contributed by atoms with E-state index in [-0.39, 0.29) is 0 Å². The predicted molar refractivity (Wildman–Crippen MR) is 514 cm³/mol. The second kappa shape index (κ2) is 27.7. The smallest absolute Gasteiger partial charge is 0.143 e. The van der Waals surface area contributed by atoms with Gasteiger partial charge < -0.3 is 27.8 Å². The summed E-state index contributed by atoms with van der Waals surface area (Å²) in [6, 6.07) is 160. The molecule has 0 aliphatic carbocycles. The zero-order chi connectivity index (χ0) is 80.0. The molecule has 0 N–H and O–H groups in total. The van der Waals surface area contributed by atoms with Gasteiger partial charge in [0.2, 0.25) is 0 Å². The van der Waals surface area contributed by atoms with Gasteiger partial charge in [-0.2, -0.15) is 0 Å². The molecule has 0 saturated heterocycles. The van der Waals surface area contributed by atoms with Crippen LogP contribution in [0.15, 0.2) is 446 Å². The molecular formula is C116H72N4O2. The highest BCUT2D eigenvalue weighted by atomic mass is 16.3. The Morgan fingerprint density at radius 1 is 0.172 bits per heavy atom. The van der Waals surface area contributed by atoms with Crippen molar-refractivity contribution >= 4 is 175 Å². The van der Waals surface area contributed by atoms with Crippen LogP contribution in [-0.2, 0) is 0 Å². The van der Waals surface area contributed by atoms with Crippen LogP contribution in [0.1, 0.15) is 0 Å². The molecule has 0 amide bonds. The summed E-state index contributed by atoms with van der Waals surface area (Å²) in [5.41, 5.74) is 26.8. The van der Waals surface area contributed by atoms with E-state index in [4.69, 9.17) is 8.83 Å². The molecule has 4 aromatic heterocycles. The first-order valence-corrected chi connectivity index (χ1v) is 41.9. The van der Waals surface area contributed by atoms with E-state index < -0.39 is 0 Å². The first kappa shape index (κ1) is 68.9. The normalized spacial score (nSPS) is 11.9. The number of para-hydroxylation sites is 12. The molecule has 0 saturated carbocycles. The Morgan fingerprint density at radius 3 is 1.05 bits per heavy atom. The monoisotopic (exact) mass is 1550 g/mol. The average Bonchev–Trinajstić information content (AvgIpc) is 1.49. The molecule has 0 bridgehead atoms.